The first-order valence-electron chi connectivity index (χ1n) is 8.70. The molecule has 0 aliphatic carbocycles. The molecule has 1 amide bonds. The minimum absolute atomic E-state index is 0.0320. The average Bonchev–Trinajstić information content (AvgIpc) is 2.75. The maximum Gasteiger partial charge on any atom is 0.275 e. The van der Waals surface area contributed by atoms with E-state index in [1.807, 2.05) is 0 Å². The van der Waals surface area contributed by atoms with Gasteiger partial charge in [0.05, 0.1) is 16.7 Å². The third-order valence-corrected chi connectivity index (χ3v) is 4.51. The van der Waals surface area contributed by atoms with E-state index in [1.165, 1.54) is 30.5 Å². The number of nitrogens with zero attached hydrogens (tertiary/aromatic N) is 2. The number of halogens is 1. The third-order valence-electron chi connectivity index (χ3n) is 4.02. The van der Waals surface area contributed by atoms with Crippen molar-refractivity contribution in [1.82, 2.24) is 5.43 Å². The van der Waals surface area contributed by atoms with Crippen LogP contribution >= 0.6 is 15.9 Å². The number of hydrogen-bond acceptors (Lipinski definition) is 6. The molecule has 0 atom stereocenters. The van der Waals surface area contributed by atoms with Gasteiger partial charge in [-0.05, 0) is 65.7 Å². The second-order valence-electron chi connectivity index (χ2n) is 6.14. The van der Waals surface area contributed by atoms with E-state index < -0.39 is 10.8 Å². The minimum Gasteiger partial charge on any atom is -0.507 e. The summed E-state index contributed by atoms with van der Waals surface area (Å²) in [5.41, 5.74) is 4.04. The van der Waals surface area contributed by atoms with Crippen LogP contribution in [0, 0.1) is 10.1 Å². The van der Waals surface area contributed by atoms with E-state index >= 15 is 0 Å². The van der Waals surface area contributed by atoms with E-state index in [0.29, 0.717) is 10.2 Å². The van der Waals surface area contributed by atoms with Crippen LogP contribution in [0.5, 0.6) is 11.5 Å². The maximum atomic E-state index is 12.1. The molecule has 0 saturated heterocycles. The highest BCUT2D eigenvalue weighted by molar-refractivity contribution is 9.10. The molecule has 9 heteroatoms. The Labute approximate surface area is 180 Å². The zero-order valence-corrected chi connectivity index (χ0v) is 17.1. The number of phenols is 1. The summed E-state index contributed by atoms with van der Waals surface area (Å²) in [7, 11) is 0. The van der Waals surface area contributed by atoms with Crippen LogP contribution < -0.4 is 10.2 Å². The summed E-state index contributed by atoms with van der Waals surface area (Å²) >= 11 is 3.24. The van der Waals surface area contributed by atoms with Gasteiger partial charge in [-0.25, -0.2) is 5.43 Å². The van der Waals surface area contributed by atoms with Gasteiger partial charge >= 0.3 is 0 Å². The molecule has 0 aromatic heterocycles. The van der Waals surface area contributed by atoms with E-state index in [4.69, 9.17) is 4.74 Å². The summed E-state index contributed by atoms with van der Waals surface area (Å²) in [5.74, 6) is -0.0536. The molecule has 0 aliphatic rings. The second kappa shape index (κ2) is 9.66. The van der Waals surface area contributed by atoms with Gasteiger partial charge in [-0.2, -0.15) is 5.10 Å². The number of nitro benzene ring substituents is 1. The first-order chi connectivity index (χ1) is 14.4. The number of amides is 1. The van der Waals surface area contributed by atoms with Crippen LogP contribution in [-0.2, 0) is 6.61 Å². The molecule has 0 unspecified atom stereocenters. The number of hydrogen-bond donors (Lipinski definition) is 2. The third kappa shape index (κ3) is 5.65. The Kier molecular flexibility index (Phi) is 6.76. The number of ether oxygens (including phenoxy) is 1. The molecule has 152 valence electrons. The van der Waals surface area contributed by atoms with Crippen LogP contribution in [0.4, 0.5) is 5.69 Å². The lowest BCUT2D eigenvalue weighted by Crippen LogP contribution is -2.17. The largest absolute Gasteiger partial charge is 0.507 e. The molecule has 0 spiro atoms. The summed E-state index contributed by atoms with van der Waals surface area (Å²) in [6.07, 6.45) is 1.47. The quantitative estimate of drug-likeness (QED) is 0.302. The normalized spacial score (nSPS) is 10.7. The van der Waals surface area contributed by atoms with Crippen molar-refractivity contribution in [2.24, 2.45) is 5.10 Å². The molecule has 3 rings (SSSR count). The van der Waals surface area contributed by atoms with Crippen molar-refractivity contribution < 1.29 is 19.6 Å². The van der Waals surface area contributed by atoms with Gasteiger partial charge in [0.15, 0.2) is 0 Å². The molecule has 0 heterocycles. The molecule has 0 radical (unpaired) electrons. The van der Waals surface area contributed by atoms with Gasteiger partial charge in [0.1, 0.15) is 18.1 Å². The van der Waals surface area contributed by atoms with Gasteiger partial charge in [0.25, 0.3) is 11.6 Å². The van der Waals surface area contributed by atoms with E-state index in [-0.39, 0.29) is 23.6 Å². The molecule has 3 aromatic rings. The number of aromatic hydroxyl groups is 1. The smallest absolute Gasteiger partial charge is 0.275 e. The molecule has 0 bridgehead atoms. The van der Waals surface area contributed by atoms with Crippen molar-refractivity contribution >= 4 is 33.7 Å². The van der Waals surface area contributed by atoms with E-state index in [0.717, 1.165) is 11.1 Å². The fourth-order valence-electron chi connectivity index (χ4n) is 2.45. The molecular formula is C21H16BrN3O5. The molecular weight excluding hydrogens is 454 g/mol. The lowest BCUT2D eigenvalue weighted by molar-refractivity contribution is -0.384. The minimum atomic E-state index is -0.534. The lowest BCUT2D eigenvalue weighted by atomic mass is 10.2. The van der Waals surface area contributed by atoms with E-state index in [1.54, 1.807) is 42.5 Å². The zero-order chi connectivity index (χ0) is 21.5. The topological polar surface area (TPSA) is 114 Å². The first-order valence-corrected chi connectivity index (χ1v) is 9.50. The van der Waals surface area contributed by atoms with Crippen LogP contribution in [0.2, 0.25) is 0 Å². The van der Waals surface area contributed by atoms with Crippen molar-refractivity contribution in [3.05, 3.63) is 98.0 Å². The maximum absolute atomic E-state index is 12.1. The van der Waals surface area contributed by atoms with Gasteiger partial charge in [-0.3, -0.25) is 14.9 Å². The number of nitro groups is 1. The standard InChI is InChI=1S/C21H16BrN3O5/c22-16-5-10-20(26)19(11-16)21(27)24-23-12-14-3-8-18(9-4-14)30-13-15-1-6-17(7-2-15)25(28)29/h1-12,26H,13H2,(H,24,27)/b23-12+. The van der Waals surface area contributed by atoms with Crippen LogP contribution in [0.15, 0.2) is 76.3 Å². The van der Waals surface area contributed by atoms with Crippen molar-refractivity contribution in [3.8, 4) is 11.5 Å². The number of hydrazone groups is 1. The van der Waals surface area contributed by atoms with Gasteiger partial charge in [0, 0.05) is 16.6 Å². The predicted octanol–water partition coefficient (Wildman–Crippen LogP) is 4.41. The Hall–Kier alpha value is -3.72. The molecule has 8 nitrogen and oxygen atoms in total. The molecule has 0 aliphatic heterocycles. The Morgan fingerprint density at radius 3 is 2.50 bits per heavy atom. The average molecular weight is 470 g/mol. The number of non-ortho nitro benzene ring substituents is 1. The molecule has 3 aromatic carbocycles. The van der Waals surface area contributed by atoms with E-state index in [2.05, 4.69) is 26.5 Å². The fourth-order valence-corrected chi connectivity index (χ4v) is 2.81. The summed E-state index contributed by atoms with van der Waals surface area (Å²) < 4.78 is 6.32. The molecule has 30 heavy (non-hydrogen) atoms. The molecule has 0 fully saturated rings. The first kappa shape index (κ1) is 21.0. The van der Waals surface area contributed by atoms with Crippen LogP contribution in [0.25, 0.3) is 0 Å². The van der Waals surface area contributed by atoms with Gasteiger partial charge in [-0.1, -0.05) is 15.9 Å². The highest BCUT2D eigenvalue weighted by atomic mass is 79.9. The fraction of sp³-hybridized carbons (Fsp3) is 0.0476. The number of nitrogens with one attached hydrogen (secondary N) is 1. The molecule has 0 saturated carbocycles. The highest BCUT2D eigenvalue weighted by Crippen LogP contribution is 2.21. The van der Waals surface area contributed by atoms with Gasteiger partial charge < -0.3 is 9.84 Å². The number of carbonyl (C=O) groups excluding carboxylic acids is 1. The zero-order valence-electron chi connectivity index (χ0n) is 15.5. The van der Waals surface area contributed by atoms with Crippen molar-refractivity contribution in [2.75, 3.05) is 0 Å². The number of rotatable bonds is 7. The Morgan fingerprint density at radius 1 is 1.13 bits per heavy atom. The second-order valence-corrected chi connectivity index (χ2v) is 7.06. The van der Waals surface area contributed by atoms with Crippen molar-refractivity contribution in [3.63, 3.8) is 0 Å². The SMILES string of the molecule is O=C(N/N=C/c1ccc(OCc2ccc([N+](=O)[O-])cc2)cc1)c1cc(Br)ccc1O. The van der Waals surface area contributed by atoms with Crippen molar-refractivity contribution in [2.45, 2.75) is 6.61 Å². The van der Waals surface area contributed by atoms with Crippen LogP contribution in [0.1, 0.15) is 21.5 Å². The van der Waals surface area contributed by atoms with Gasteiger partial charge in [-0.15, -0.1) is 0 Å². The van der Waals surface area contributed by atoms with Crippen LogP contribution in [0.3, 0.4) is 0 Å². The number of benzene rings is 3. The predicted molar refractivity (Wildman–Crippen MR) is 115 cm³/mol. The van der Waals surface area contributed by atoms with Crippen LogP contribution in [-0.4, -0.2) is 22.2 Å². The summed E-state index contributed by atoms with van der Waals surface area (Å²) in [6.45, 7) is 0.275. The van der Waals surface area contributed by atoms with Gasteiger partial charge in [0.2, 0.25) is 0 Å². The Balaban J connectivity index is 1.53. The van der Waals surface area contributed by atoms with Crippen molar-refractivity contribution in [1.29, 1.82) is 0 Å². The van der Waals surface area contributed by atoms with E-state index in [9.17, 15) is 20.0 Å². The number of carbonyl (C=O) groups is 1. The number of phenolic OH excluding ortho intramolecular Hbond substituents is 1. The molecule has 2 N–H and O–H groups in total. The summed E-state index contributed by atoms with van der Waals surface area (Å²) in [5, 5.41) is 24.3. The Morgan fingerprint density at radius 2 is 1.83 bits per heavy atom. The Bertz CT molecular complexity index is 1080. The summed E-state index contributed by atoms with van der Waals surface area (Å²) in [6, 6.07) is 17.7. The highest BCUT2D eigenvalue weighted by Gasteiger charge is 2.10. The summed E-state index contributed by atoms with van der Waals surface area (Å²) in [4.78, 5) is 22.3. The lowest BCUT2D eigenvalue weighted by Gasteiger charge is -2.06. The monoisotopic (exact) mass is 469 g/mol.